The average molecular weight is 389 g/mol. The van der Waals surface area contributed by atoms with Crippen LogP contribution in [0.1, 0.15) is 18.3 Å². The zero-order valence-corrected chi connectivity index (χ0v) is 14.0. The second kappa shape index (κ2) is 5.96. The van der Waals surface area contributed by atoms with Crippen molar-refractivity contribution in [3.05, 3.63) is 38.5 Å². The molecule has 2 N–H and O–H groups in total. The topological polar surface area (TPSA) is 53.1 Å². The van der Waals surface area contributed by atoms with Crippen LogP contribution in [0.4, 0.5) is 5.69 Å². The number of aromatic nitrogens is 2. The van der Waals surface area contributed by atoms with E-state index in [1.165, 1.54) is 0 Å². The fourth-order valence-electron chi connectivity index (χ4n) is 1.77. The van der Waals surface area contributed by atoms with Crippen LogP contribution < -0.4 is 10.5 Å². The number of anilines is 1. The van der Waals surface area contributed by atoms with Gasteiger partial charge in [-0.1, -0.05) is 22.9 Å². The first kappa shape index (κ1) is 14.4. The Morgan fingerprint density at radius 1 is 1.37 bits per heavy atom. The Kier molecular flexibility index (Phi) is 4.52. The van der Waals surface area contributed by atoms with Gasteiger partial charge in [0, 0.05) is 11.5 Å². The highest BCUT2D eigenvalue weighted by molar-refractivity contribution is 9.10. The summed E-state index contributed by atoms with van der Waals surface area (Å²) in [5.41, 5.74) is 8.55. The summed E-state index contributed by atoms with van der Waals surface area (Å²) in [5.74, 6) is 0.675. The van der Waals surface area contributed by atoms with Crippen LogP contribution in [0.15, 0.2) is 27.1 Å². The predicted octanol–water partition coefficient (Wildman–Crippen LogP) is 3.67. The van der Waals surface area contributed by atoms with Crippen molar-refractivity contribution in [3.63, 3.8) is 0 Å². The van der Waals surface area contributed by atoms with Crippen molar-refractivity contribution in [3.8, 4) is 5.75 Å². The zero-order valence-electron chi connectivity index (χ0n) is 10.8. The molecule has 0 aliphatic heterocycles. The molecule has 1 aromatic carbocycles. The average Bonchev–Trinajstić information content (AvgIpc) is 2.64. The molecule has 0 amide bonds. The number of ether oxygens (including phenoxy) is 1. The van der Waals surface area contributed by atoms with Crippen molar-refractivity contribution >= 4 is 37.5 Å². The van der Waals surface area contributed by atoms with Crippen molar-refractivity contribution < 1.29 is 4.74 Å². The molecule has 1 aromatic heterocycles. The van der Waals surface area contributed by atoms with Crippen molar-refractivity contribution in [2.45, 2.75) is 20.0 Å². The van der Waals surface area contributed by atoms with E-state index in [0.717, 1.165) is 26.8 Å². The SMILES string of the molecule is CCc1nn(C)c(COc2ccc(Br)cc2N)c1Br. The number of benzene rings is 1. The van der Waals surface area contributed by atoms with Crippen LogP contribution >= 0.6 is 31.9 Å². The van der Waals surface area contributed by atoms with Gasteiger partial charge in [-0.3, -0.25) is 4.68 Å². The maximum atomic E-state index is 5.90. The van der Waals surface area contributed by atoms with E-state index in [1.54, 1.807) is 0 Å². The van der Waals surface area contributed by atoms with Gasteiger partial charge >= 0.3 is 0 Å². The first-order chi connectivity index (χ1) is 9.02. The minimum Gasteiger partial charge on any atom is -0.485 e. The highest BCUT2D eigenvalue weighted by Gasteiger charge is 2.13. The highest BCUT2D eigenvalue weighted by Crippen LogP contribution is 2.28. The van der Waals surface area contributed by atoms with E-state index in [4.69, 9.17) is 10.5 Å². The van der Waals surface area contributed by atoms with Gasteiger partial charge in [-0.2, -0.15) is 5.10 Å². The molecule has 0 saturated heterocycles. The van der Waals surface area contributed by atoms with Crippen LogP contribution in [0.2, 0.25) is 0 Å². The van der Waals surface area contributed by atoms with E-state index in [-0.39, 0.29) is 0 Å². The molecule has 0 bridgehead atoms. The number of halogens is 2. The van der Waals surface area contributed by atoms with Gasteiger partial charge in [-0.15, -0.1) is 0 Å². The smallest absolute Gasteiger partial charge is 0.142 e. The van der Waals surface area contributed by atoms with E-state index in [1.807, 2.05) is 29.9 Å². The summed E-state index contributed by atoms with van der Waals surface area (Å²) in [6.45, 7) is 2.50. The second-order valence-electron chi connectivity index (χ2n) is 4.16. The molecule has 0 atom stereocenters. The van der Waals surface area contributed by atoms with E-state index >= 15 is 0 Å². The molecule has 2 aromatic rings. The van der Waals surface area contributed by atoms with Gasteiger partial charge in [-0.05, 0) is 40.5 Å². The van der Waals surface area contributed by atoms with Crippen LogP contribution in [0.5, 0.6) is 5.75 Å². The standard InChI is InChI=1S/C13H15Br2N3O/c1-3-10-13(15)11(18(2)17-10)7-19-12-5-4-8(14)6-9(12)16/h4-6H,3,7,16H2,1-2H3. The number of rotatable bonds is 4. The Balaban J connectivity index is 2.16. The summed E-state index contributed by atoms with van der Waals surface area (Å²) in [6, 6.07) is 5.58. The van der Waals surface area contributed by atoms with E-state index in [0.29, 0.717) is 18.0 Å². The Morgan fingerprint density at radius 3 is 2.68 bits per heavy atom. The number of nitrogens with two attached hydrogens (primary N) is 1. The first-order valence-electron chi connectivity index (χ1n) is 5.91. The Bertz CT molecular complexity index is 596. The lowest BCUT2D eigenvalue weighted by Gasteiger charge is -2.09. The Morgan fingerprint density at radius 2 is 2.11 bits per heavy atom. The quantitative estimate of drug-likeness (QED) is 0.813. The number of hydrogen-bond acceptors (Lipinski definition) is 3. The lowest BCUT2D eigenvalue weighted by molar-refractivity contribution is 0.295. The van der Waals surface area contributed by atoms with Gasteiger partial charge in [0.25, 0.3) is 0 Å². The lowest BCUT2D eigenvalue weighted by atomic mass is 10.3. The molecule has 0 saturated carbocycles. The van der Waals surface area contributed by atoms with Gasteiger partial charge in [-0.25, -0.2) is 0 Å². The van der Waals surface area contributed by atoms with Crippen molar-refractivity contribution in [1.29, 1.82) is 0 Å². The van der Waals surface area contributed by atoms with E-state index in [9.17, 15) is 0 Å². The highest BCUT2D eigenvalue weighted by atomic mass is 79.9. The minimum atomic E-state index is 0.427. The fourth-order valence-corrected chi connectivity index (χ4v) is 2.88. The summed E-state index contributed by atoms with van der Waals surface area (Å²) >= 11 is 6.93. The van der Waals surface area contributed by atoms with Crippen LogP contribution in [0.25, 0.3) is 0 Å². The zero-order chi connectivity index (χ0) is 14.0. The van der Waals surface area contributed by atoms with Crippen LogP contribution in [0, 0.1) is 0 Å². The maximum Gasteiger partial charge on any atom is 0.142 e. The molecule has 0 spiro atoms. The molecule has 1 heterocycles. The molecule has 4 nitrogen and oxygen atoms in total. The number of nitrogens with zero attached hydrogens (tertiary/aromatic N) is 2. The van der Waals surface area contributed by atoms with Crippen molar-refractivity contribution in [2.24, 2.45) is 7.05 Å². The maximum absolute atomic E-state index is 5.90. The summed E-state index contributed by atoms with van der Waals surface area (Å²) < 4.78 is 9.54. The molecule has 0 unspecified atom stereocenters. The third kappa shape index (κ3) is 3.12. The predicted molar refractivity (Wildman–Crippen MR) is 83.2 cm³/mol. The molecule has 6 heteroatoms. The van der Waals surface area contributed by atoms with Crippen LogP contribution in [-0.2, 0) is 20.1 Å². The third-order valence-corrected chi connectivity index (χ3v) is 4.25. The monoisotopic (exact) mass is 387 g/mol. The van der Waals surface area contributed by atoms with Crippen LogP contribution in [0.3, 0.4) is 0 Å². The number of hydrogen-bond donors (Lipinski definition) is 1. The van der Waals surface area contributed by atoms with Gasteiger partial charge in [0.1, 0.15) is 12.4 Å². The van der Waals surface area contributed by atoms with Crippen molar-refractivity contribution in [1.82, 2.24) is 9.78 Å². The van der Waals surface area contributed by atoms with Gasteiger partial charge in [0.15, 0.2) is 0 Å². The summed E-state index contributed by atoms with van der Waals surface area (Å²) in [4.78, 5) is 0. The number of aryl methyl sites for hydroxylation is 2. The normalized spacial score (nSPS) is 10.7. The summed E-state index contributed by atoms with van der Waals surface area (Å²) in [7, 11) is 1.91. The third-order valence-electron chi connectivity index (χ3n) is 2.84. The lowest BCUT2D eigenvalue weighted by Crippen LogP contribution is -2.04. The molecule has 0 fully saturated rings. The Hall–Kier alpha value is -1.01. The molecule has 0 aliphatic rings. The molecule has 19 heavy (non-hydrogen) atoms. The van der Waals surface area contributed by atoms with Gasteiger partial charge in [0.05, 0.1) is 21.5 Å². The summed E-state index contributed by atoms with van der Waals surface area (Å²) in [6.07, 6.45) is 0.884. The summed E-state index contributed by atoms with van der Waals surface area (Å²) in [5, 5.41) is 4.43. The van der Waals surface area contributed by atoms with Crippen molar-refractivity contribution in [2.75, 3.05) is 5.73 Å². The molecule has 2 rings (SSSR count). The van der Waals surface area contributed by atoms with E-state index < -0.39 is 0 Å². The first-order valence-corrected chi connectivity index (χ1v) is 7.49. The molecule has 0 aliphatic carbocycles. The minimum absolute atomic E-state index is 0.427. The van der Waals surface area contributed by atoms with Crippen LogP contribution in [-0.4, -0.2) is 9.78 Å². The second-order valence-corrected chi connectivity index (χ2v) is 5.86. The van der Waals surface area contributed by atoms with Gasteiger partial charge in [0.2, 0.25) is 0 Å². The molecular weight excluding hydrogens is 374 g/mol. The fraction of sp³-hybridized carbons (Fsp3) is 0.308. The van der Waals surface area contributed by atoms with Gasteiger partial charge < -0.3 is 10.5 Å². The molecule has 102 valence electrons. The number of nitrogen functional groups attached to an aromatic ring is 1. The Labute approximate surface area is 129 Å². The molecular formula is C13H15Br2N3O. The molecule has 0 radical (unpaired) electrons. The van der Waals surface area contributed by atoms with E-state index in [2.05, 4.69) is 43.9 Å². The largest absolute Gasteiger partial charge is 0.485 e.